The zero-order chi connectivity index (χ0) is 14.8. The van der Waals surface area contributed by atoms with Crippen molar-refractivity contribution in [2.45, 2.75) is 0 Å². The molecule has 1 saturated heterocycles. The second-order valence-corrected chi connectivity index (χ2v) is 5.57. The van der Waals surface area contributed by atoms with Crippen LogP contribution in [0.4, 0.5) is 5.69 Å². The van der Waals surface area contributed by atoms with E-state index in [0.717, 1.165) is 5.69 Å². The van der Waals surface area contributed by atoms with Crippen LogP contribution in [0.5, 0.6) is 5.75 Å². The van der Waals surface area contributed by atoms with E-state index in [1.165, 1.54) is 11.8 Å². The lowest BCUT2D eigenvalue weighted by Gasteiger charge is -1.97. The number of hydrogen-bond acceptors (Lipinski definition) is 4. The number of aromatic nitrogens is 1. The number of phenols is 1. The quantitative estimate of drug-likeness (QED) is 0.838. The van der Waals surface area contributed by atoms with Crippen molar-refractivity contribution in [3.8, 4) is 5.75 Å². The second kappa shape index (κ2) is 5.49. The fourth-order valence-electron chi connectivity index (χ4n) is 1.88. The fourth-order valence-corrected chi connectivity index (χ4v) is 2.71. The van der Waals surface area contributed by atoms with Crippen LogP contribution in [0.25, 0.3) is 6.08 Å². The van der Waals surface area contributed by atoms with E-state index >= 15 is 0 Å². The van der Waals surface area contributed by atoms with E-state index in [2.05, 4.69) is 10.3 Å². The van der Waals surface area contributed by atoms with Gasteiger partial charge < -0.3 is 15.0 Å². The number of carbonyl (C=O) groups is 1. The summed E-state index contributed by atoms with van der Waals surface area (Å²) in [6.07, 6.45) is 3.76. The van der Waals surface area contributed by atoms with Gasteiger partial charge in [0.25, 0.3) is 5.91 Å². The number of aryl methyl sites for hydroxylation is 1. The molecular formula is C15H13N3O2S. The lowest BCUT2D eigenvalue weighted by molar-refractivity contribution is -0.115. The summed E-state index contributed by atoms with van der Waals surface area (Å²) in [7, 11) is 1.93. The highest BCUT2D eigenvalue weighted by Gasteiger charge is 2.24. The minimum Gasteiger partial charge on any atom is -0.508 e. The normalized spacial score (nSPS) is 18.4. The number of amidine groups is 1. The molecule has 1 aromatic carbocycles. The zero-order valence-electron chi connectivity index (χ0n) is 11.3. The maximum Gasteiger partial charge on any atom is 0.264 e. The minimum absolute atomic E-state index is 0.154. The molecule has 0 spiro atoms. The highest BCUT2D eigenvalue weighted by atomic mass is 32.2. The topological polar surface area (TPSA) is 66.6 Å². The van der Waals surface area contributed by atoms with Crippen LogP contribution in [-0.2, 0) is 11.8 Å². The molecule has 0 radical (unpaired) electrons. The molecule has 2 aromatic rings. The molecule has 0 bridgehead atoms. The van der Waals surface area contributed by atoms with Gasteiger partial charge in [-0.2, -0.15) is 0 Å². The van der Waals surface area contributed by atoms with Gasteiger partial charge in [-0.25, -0.2) is 4.99 Å². The molecule has 1 aromatic heterocycles. The summed E-state index contributed by atoms with van der Waals surface area (Å²) in [4.78, 5) is 16.9. The van der Waals surface area contributed by atoms with Crippen molar-refractivity contribution >= 4 is 34.6 Å². The number of thioether (sulfide) groups is 1. The van der Waals surface area contributed by atoms with Crippen molar-refractivity contribution in [2.24, 2.45) is 12.0 Å². The van der Waals surface area contributed by atoms with Gasteiger partial charge >= 0.3 is 0 Å². The number of nitrogens with zero attached hydrogens (tertiary/aromatic N) is 2. The monoisotopic (exact) mass is 299 g/mol. The molecule has 1 fully saturated rings. The number of rotatable bonds is 2. The molecule has 2 heterocycles. The van der Waals surface area contributed by atoms with E-state index in [9.17, 15) is 9.90 Å². The first kappa shape index (κ1) is 13.5. The van der Waals surface area contributed by atoms with Gasteiger partial charge in [-0.1, -0.05) is 0 Å². The molecule has 1 aliphatic heterocycles. The number of benzene rings is 1. The van der Waals surface area contributed by atoms with Crippen molar-refractivity contribution in [1.29, 1.82) is 0 Å². The summed E-state index contributed by atoms with van der Waals surface area (Å²) >= 11 is 1.30. The molecule has 0 atom stereocenters. The maximum absolute atomic E-state index is 11.9. The van der Waals surface area contributed by atoms with Crippen molar-refractivity contribution < 1.29 is 9.90 Å². The van der Waals surface area contributed by atoms with Crippen molar-refractivity contribution in [1.82, 2.24) is 9.88 Å². The first-order valence-electron chi connectivity index (χ1n) is 6.32. The summed E-state index contributed by atoms with van der Waals surface area (Å²) in [6, 6.07) is 10.4. The minimum atomic E-state index is -0.154. The lowest BCUT2D eigenvalue weighted by atomic mass is 10.3. The number of aliphatic imine (C=N–C) groups is 1. The van der Waals surface area contributed by atoms with Gasteiger partial charge in [0.15, 0.2) is 5.17 Å². The zero-order valence-corrected chi connectivity index (χ0v) is 12.1. The molecule has 1 amide bonds. The van der Waals surface area contributed by atoms with Crippen LogP contribution in [0.2, 0.25) is 0 Å². The Hall–Kier alpha value is -2.47. The van der Waals surface area contributed by atoms with Crippen LogP contribution >= 0.6 is 11.8 Å². The van der Waals surface area contributed by atoms with Crippen LogP contribution in [0, 0.1) is 0 Å². The van der Waals surface area contributed by atoms with Gasteiger partial charge in [0.05, 0.1) is 10.6 Å². The Labute approximate surface area is 126 Å². The van der Waals surface area contributed by atoms with E-state index in [-0.39, 0.29) is 11.7 Å². The highest BCUT2D eigenvalue weighted by molar-refractivity contribution is 8.18. The summed E-state index contributed by atoms with van der Waals surface area (Å²) in [6.45, 7) is 0. The Morgan fingerprint density at radius 2 is 2.05 bits per heavy atom. The van der Waals surface area contributed by atoms with Crippen molar-refractivity contribution in [3.05, 3.63) is 53.2 Å². The van der Waals surface area contributed by atoms with E-state index in [1.807, 2.05) is 36.0 Å². The lowest BCUT2D eigenvalue weighted by Crippen LogP contribution is -2.19. The van der Waals surface area contributed by atoms with Gasteiger partial charge in [-0.05, 0) is 54.2 Å². The van der Waals surface area contributed by atoms with Gasteiger partial charge in [-0.15, -0.1) is 0 Å². The Morgan fingerprint density at radius 1 is 1.29 bits per heavy atom. The second-order valence-electron chi connectivity index (χ2n) is 4.54. The van der Waals surface area contributed by atoms with E-state index in [0.29, 0.717) is 15.8 Å². The first-order valence-corrected chi connectivity index (χ1v) is 7.13. The summed E-state index contributed by atoms with van der Waals surface area (Å²) < 4.78 is 1.94. The van der Waals surface area contributed by atoms with Crippen LogP contribution in [-0.4, -0.2) is 20.7 Å². The molecular weight excluding hydrogens is 286 g/mol. The molecule has 0 unspecified atom stereocenters. The van der Waals surface area contributed by atoms with Crippen molar-refractivity contribution in [3.63, 3.8) is 0 Å². The smallest absolute Gasteiger partial charge is 0.264 e. The number of aromatic hydroxyl groups is 1. The SMILES string of the molecule is Cn1cccc1/C=C1/SC(=Nc2ccc(O)cc2)NC1=O. The van der Waals surface area contributed by atoms with Gasteiger partial charge in [0.2, 0.25) is 0 Å². The molecule has 0 saturated carbocycles. The number of nitrogens with one attached hydrogen (secondary N) is 1. The summed E-state index contributed by atoms with van der Waals surface area (Å²) in [5, 5.41) is 12.5. The predicted molar refractivity (Wildman–Crippen MR) is 84.3 cm³/mol. The Morgan fingerprint density at radius 3 is 2.71 bits per heavy atom. The largest absolute Gasteiger partial charge is 0.508 e. The third-order valence-corrected chi connectivity index (χ3v) is 3.90. The van der Waals surface area contributed by atoms with Gasteiger partial charge in [0.1, 0.15) is 5.75 Å². The molecule has 0 aliphatic carbocycles. The van der Waals surface area contributed by atoms with Crippen LogP contribution in [0.1, 0.15) is 5.69 Å². The number of phenolic OH excluding ortho intramolecular Hbond substituents is 1. The molecule has 106 valence electrons. The molecule has 1 aliphatic rings. The molecule has 6 heteroatoms. The predicted octanol–water partition coefficient (Wildman–Crippen LogP) is 2.62. The molecule has 21 heavy (non-hydrogen) atoms. The standard InChI is InChI=1S/C15H13N3O2S/c1-18-8-2-3-11(18)9-13-14(20)17-15(21-13)16-10-4-6-12(19)7-5-10/h2-9,19H,1H3,(H,16,17,20)/b13-9+. The van der Waals surface area contributed by atoms with E-state index in [4.69, 9.17) is 0 Å². The Bertz CT molecular complexity index is 745. The van der Waals surface area contributed by atoms with Crippen LogP contribution in [0.3, 0.4) is 0 Å². The number of amides is 1. The Kier molecular flexibility index (Phi) is 3.53. The first-order chi connectivity index (χ1) is 10.1. The molecule has 2 N–H and O–H groups in total. The van der Waals surface area contributed by atoms with E-state index < -0.39 is 0 Å². The number of hydrogen-bond donors (Lipinski definition) is 2. The van der Waals surface area contributed by atoms with Crippen LogP contribution < -0.4 is 5.32 Å². The molecule has 5 nitrogen and oxygen atoms in total. The third-order valence-electron chi connectivity index (χ3n) is 2.99. The Balaban J connectivity index is 1.83. The third kappa shape index (κ3) is 3.00. The summed E-state index contributed by atoms with van der Waals surface area (Å²) in [5.74, 6) is 0.0325. The van der Waals surface area contributed by atoms with Gasteiger partial charge in [-0.3, -0.25) is 4.79 Å². The average Bonchev–Trinajstić information content (AvgIpc) is 3.00. The average molecular weight is 299 g/mol. The fraction of sp³-hybridized carbons (Fsp3) is 0.0667. The van der Waals surface area contributed by atoms with E-state index in [1.54, 1.807) is 24.3 Å². The highest BCUT2D eigenvalue weighted by Crippen LogP contribution is 2.28. The maximum atomic E-state index is 11.9. The van der Waals surface area contributed by atoms with Gasteiger partial charge in [0, 0.05) is 18.9 Å². The van der Waals surface area contributed by atoms with Crippen molar-refractivity contribution in [2.75, 3.05) is 0 Å². The number of carbonyl (C=O) groups excluding carboxylic acids is 1. The van der Waals surface area contributed by atoms with Crippen LogP contribution in [0.15, 0.2) is 52.5 Å². The molecule has 3 rings (SSSR count). The summed E-state index contributed by atoms with van der Waals surface area (Å²) in [5.41, 5.74) is 1.63.